The molecule has 4 nitrogen and oxygen atoms in total. The summed E-state index contributed by atoms with van der Waals surface area (Å²) in [5, 5.41) is 19.0. The van der Waals surface area contributed by atoms with E-state index >= 15 is 0 Å². The van der Waals surface area contributed by atoms with Crippen LogP contribution in [0.2, 0.25) is 0 Å². The molecule has 102 valence electrons. The summed E-state index contributed by atoms with van der Waals surface area (Å²) >= 11 is 0. The van der Waals surface area contributed by atoms with Crippen LogP contribution >= 0.6 is 0 Å². The number of benzene rings is 1. The van der Waals surface area contributed by atoms with Crippen molar-refractivity contribution in [2.45, 2.75) is 25.7 Å². The predicted octanol–water partition coefficient (Wildman–Crippen LogP) is 0.567. The Morgan fingerprint density at radius 2 is 1.16 bits per heavy atom. The summed E-state index contributed by atoms with van der Waals surface area (Å²) in [6.07, 6.45) is 4.91. The first-order valence-corrected chi connectivity index (χ1v) is 7.25. The van der Waals surface area contributed by atoms with E-state index in [1.807, 2.05) is 12.1 Å². The Labute approximate surface area is 114 Å². The highest BCUT2D eigenvalue weighted by Crippen LogP contribution is 2.26. The molecule has 1 aromatic rings. The lowest BCUT2D eigenvalue weighted by atomic mass is 9.79. The third kappa shape index (κ3) is 2.72. The van der Waals surface area contributed by atoms with Crippen molar-refractivity contribution in [2.24, 2.45) is 0 Å². The first-order valence-electron chi connectivity index (χ1n) is 7.25. The van der Waals surface area contributed by atoms with Crippen LogP contribution in [0.5, 0.6) is 0 Å². The van der Waals surface area contributed by atoms with E-state index in [1.54, 1.807) is 0 Å². The maximum atomic E-state index is 9.48. The van der Waals surface area contributed by atoms with E-state index in [-0.39, 0.29) is 0 Å². The monoisotopic (exact) mass is 260 g/mol. The summed E-state index contributed by atoms with van der Waals surface area (Å²) in [5.74, 6) is 0. The molecule has 0 saturated carbocycles. The van der Waals surface area contributed by atoms with Crippen molar-refractivity contribution in [1.29, 1.82) is 0 Å². The topological polar surface area (TPSA) is 46.9 Å². The Hall–Kier alpha value is -1.20. The molecule has 0 aromatic heterocycles. The van der Waals surface area contributed by atoms with Crippen LogP contribution in [0.4, 0.5) is 11.4 Å². The van der Waals surface area contributed by atoms with Gasteiger partial charge in [0.15, 0.2) is 0 Å². The van der Waals surface area contributed by atoms with E-state index in [1.165, 1.54) is 25.7 Å². The second kappa shape index (κ2) is 5.43. The standard InChI is InChI=1S/C14H21BN2O2/c18-15(19)12-9-13(16-5-1-2-6-16)11-14(10-12)17-7-3-4-8-17/h9-11,18-19H,1-8H2. The van der Waals surface area contributed by atoms with Gasteiger partial charge in [0.1, 0.15) is 0 Å². The SMILES string of the molecule is OB(O)c1cc(N2CCCC2)cc(N2CCCC2)c1. The lowest BCUT2D eigenvalue weighted by Crippen LogP contribution is -2.32. The number of anilines is 2. The number of rotatable bonds is 3. The number of nitrogens with zero attached hydrogens (tertiary/aromatic N) is 2. The lowest BCUT2D eigenvalue weighted by Gasteiger charge is -2.24. The van der Waals surface area contributed by atoms with Gasteiger partial charge in [-0.2, -0.15) is 0 Å². The molecular weight excluding hydrogens is 239 g/mol. The molecule has 0 aliphatic carbocycles. The molecule has 2 aliphatic rings. The van der Waals surface area contributed by atoms with Crippen molar-refractivity contribution in [2.75, 3.05) is 36.0 Å². The molecule has 0 unspecified atom stereocenters. The minimum atomic E-state index is -1.39. The summed E-state index contributed by atoms with van der Waals surface area (Å²) in [6, 6.07) is 6.02. The molecule has 3 rings (SSSR count). The Morgan fingerprint density at radius 3 is 1.53 bits per heavy atom. The highest BCUT2D eigenvalue weighted by atomic mass is 16.4. The average Bonchev–Trinajstić information content (AvgIpc) is 3.11. The van der Waals surface area contributed by atoms with Crippen LogP contribution in [0.25, 0.3) is 0 Å². The van der Waals surface area contributed by atoms with E-state index in [0.29, 0.717) is 5.46 Å². The zero-order chi connectivity index (χ0) is 13.2. The fourth-order valence-corrected chi connectivity index (χ4v) is 3.08. The van der Waals surface area contributed by atoms with Crippen LogP contribution in [0.15, 0.2) is 18.2 Å². The second-order valence-corrected chi connectivity index (χ2v) is 5.54. The first kappa shape index (κ1) is 12.8. The summed E-state index contributed by atoms with van der Waals surface area (Å²) in [7, 11) is -1.39. The van der Waals surface area contributed by atoms with Gasteiger partial charge < -0.3 is 19.8 Å². The average molecular weight is 260 g/mol. The fourth-order valence-electron chi connectivity index (χ4n) is 3.08. The van der Waals surface area contributed by atoms with E-state index in [4.69, 9.17) is 0 Å². The van der Waals surface area contributed by atoms with E-state index < -0.39 is 7.12 Å². The minimum Gasteiger partial charge on any atom is -0.423 e. The zero-order valence-corrected chi connectivity index (χ0v) is 11.3. The molecule has 0 spiro atoms. The maximum absolute atomic E-state index is 9.48. The van der Waals surface area contributed by atoms with Gasteiger partial charge in [-0.25, -0.2) is 0 Å². The Kier molecular flexibility index (Phi) is 3.66. The quantitative estimate of drug-likeness (QED) is 0.780. The Balaban J connectivity index is 1.93. The van der Waals surface area contributed by atoms with Gasteiger partial charge in [-0.05, 0) is 49.3 Å². The van der Waals surface area contributed by atoms with Gasteiger partial charge in [0.25, 0.3) is 0 Å². The molecule has 0 radical (unpaired) electrons. The summed E-state index contributed by atoms with van der Waals surface area (Å²) in [5.41, 5.74) is 2.86. The van der Waals surface area contributed by atoms with Crippen molar-refractivity contribution in [3.8, 4) is 0 Å². The van der Waals surface area contributed by atoms with Gasteiger partial charge in [0.2, 0.25) is 0 Å². The van der Waals surface area contributed by atoms with Gasteiger partial charge in [-0.3, -0.25) is 0 Å². The van der Waals surface area contributed by atoms with Crippen LogP contribution in [0.3, 0.4) is 0 Å². The molecule has 2 N–H and O–H groups in total. The fraction of sp³-hybridized carbons (Fsp3) is 0.571. The van der Waals surface area contributed by atoms with Crippen molar-refractivity contribution in [3.63, 3.8) is 0 Å². The van der Waals surface area contributed by atoms with Crippen LogP contribution in [-0.2, 0) is 0 Å². The molecule has 2 saturated heterocycles. The highest BCUT2D eigenvalue weighted by Gasteiger charge is 2.21. The van der Waals surface area contributed by atoms with Gasteiger partial charge in [0.05, 0.1) is 0 Å². The molecule has 2 aliphatic heterocycles. The van der Waals surface area contributed by atoms with Crippen LogP contribution < -0.4 is 15.3 Å². The molecule has 0 bridgehead atoms. The number of hydrogen-bond acceptors (Lipinski definition) is 4. The van der Waals surface area contributed by atoms with E-state index in [9.17, 15) is 10.0 Å². The molecule has 1 aromatic carbocycles. The first-order chi connectivity index (χ1) is 9.24. The maximum Gasteiger partial charge on any atom is 0.488 e. The summed E-state index contributed by atoms with van der Waals surface area (Å²) in [6.45, 7) is 4.30. The second-order valence-electron chi connectivity index (χ2n) is 5.54. The van der Waals surface area contributed by atoms with Crippen LogP contribution in [-0.4, -0.2) is 43.3 Å². The molecule has 19 heavy (non-hydrogen) atoms. The van der Waals surface area contributed by atoms with Gasteiger partial charge >= 0.3 is 7.12 Å². The normalized spacial score (nSPS) is 19.3. The molecule has 2 heterocycles. The smallest absolute Gasteiger partial charge is 0.423 e. The summed E-state index contributed by atoms with van der Waals surface area (Å²) < 4.78 is 0. The largest absolute Gasteiger partial charge is 0.488 e. The van der Waals surface area contributed by atoms with Crippen molar-refractivity contribution in [1.82, 2.24) is 0 Å². The molecule has 5 heteroatoms. The molecule has 2 fully saturated rings. The predicted molar refractivity (Wildman–Crippen MR) is 79.2 cm³/mol. The molecule has 0 atom stereocenters. The molecular formula is C14H21BN2O2. The van der Waals surface area contributed by atoms with Crippen LogP contribution in [0, 0.1) is 0 Å². The van der Waals surface area contributed by atoms with Crippen molar-refractivity contribution < 1.29 is 10.0 Å². The Bertz CT molecular complexity index is 407. The summed E-state index contributed by atoms with van der Waals surface area (Å²) in [4.78, 5) is 4.68. The van der Waals surface area contributed by atoms with Gasteiger partial charge in [-0.15, -0.1) is 0 Å². The minimum absolute atomic E-state index is 0.603. The molecule has 0 amide bonds. The highest BCUT2D eigenvalue weighted by molar-refractivity contribution is 6.58. The van der Waals surface area contributed by atoms with Gasteiger partial charge in [-0.1, -0.05) is 0 Å². The van der Waals surface area contributed by atoms with Crippen molar-refractivity contribution >= 4 is 24.0 Å². The van der Waals surface area contributed by atoms with Gasteiger partial charge in [0, 0.05) is 37.6 Å². The Morgan fingerprint density at radius 1 is 0.737 bits per heavy atom. The zero-order valence-electron chi connectivity index (χ0n) is 11.3. The van der Waals surface area contributed by atoms with Crippen molar-refractivity contribution in [3.05, 3.63) is 18.2 Å². The third-order valence-electron chi connectivity index (χ3n) is 4.17. The van der Waals surface area contributed by atoms with E-state index in [2.05, 4.69) is 15.9 Å². The lowest BCUT2D eigenvalue weighted by molar-refractivity contribution is 0.426. The van der Waals surface area contributed by atoms with E-state index in [0.717, 1.165) is 37.6 Å². The van der Waals surface area contributed by atoms with Crippen LogP contribution in [0.1, 0.15) is 25.7 Å². The number of hydrogen-bond donors (Lipinski definition) is 2. The third-order valence-corrected chi connectivity index (χ3v) is 4.17.